The lowest BCUT2D eigenvalue weighted by Crippen LogP contribution is -2.37. The van der Waals surface area contributed by atoms with Crippen molar-refractivity contribution in [3.63, 3.8) is 0 Å². The fourth-order valence-corrected chi connectivity index (χ4v) is 2.41. The molecule has 0 fully saturated rings. The average molecular weight is 364 g/mol. The summed E-state index contributed by atoms with van der Waals surface area (Å²) < 4.78 is 16.1. The molecule has 0 aliphatic heterocycles. The Kier molecular flexibility index (Phi) is 6.95. The Hall–Kier alpha value is -2.40. The number of methoxy groups -OCH3 is 2. The number of carbonyl (C=O) groups is 1. The van der Waals surface area contributed by atoms with Crippen molar-refractivity contribution in [1.82, 2.24) is 5.32 Å². The molecule has 0 unspecified atom stereocenters. The Balaban J connectivity index is 1.82. The molecule has 0 aromatic heterocycles. The lowest BCUT2D eigenvalue weighted by Gasteiger charge is -2.15. The van der Waals surface area contributed by atoms with E-state index in [9.17, 15) is 4.79 Å². The van der Waals surface area contributed by atoms with Gasteiger partial charge in [-0.2, -0.15) is 0 Å². The van der Waals surface area contributed by atoms with Crippen molar-refractivity contribution >= 4 is 17.5 Å². The Labute approximate surface area is 152 Å². The molecule has 6 heteroatoms. The molecule has 1 N–H and O–H groups in total. The molecule has 0 saturated carbocycles. The van der Waals surface area contributed by atoms with Gasteiger partial charge in [0.1, 0.15) is 5.75 Å². The monoisotopic (exact) mass is 363 g/mol. The van der Waals surface area contributed by atoms with Crippen LogP contribution in [0.25, 0.3) is 0 Å². The van der Waals surface area contributed by atoms with Crippen LogP contribution in [0, 0.1) is 0 Å². The second-order valence-electron chi connectivity index (χ2n) is 5.44. The SMILES string of the molecule is COc1ccc(CCNC(=O)[C@@H](C)Oc2ccc(Cl)cc2)cc1OC. The molecule has 0 spiro atoms. The zero-order chi connectivity index (χ0) is 18.2. The summed E-state index contributed by atoms with van der Waals surface area (Å²) in [4.78, 5) is 12.1. The van der Waals surface area contributed by atoms with Gasteiger partial charge in [0.2, 0.25) is 0 Å². The van der Waals surface area contributed by atoms with Crippen LogP contribution in [0.5, 0.6) is 17.2 Å². The van der Waals surface area contributed by atoms with Crippen LogP contribution in [-0.4, -0.2) is 32.8 Å². The van der Waals surface area contributed by atoms with E-state index in [2.05, 4.69) is 5.32 Å². The molecular formula is C19H22ClNO4. The first kappa shape index (κ1) is 18.9. The van der Waals surface area contributed by atoms with E-state index in [0.717, 1.165) is 5.56 Å². The molecule has 0 radical (unpaired) electrons. The van der Waals surface area contributed by atoms with Crippen LogP contribution in [0.3, 0.4) is 0 Å². The molecule has 2 aromatic carbocycles. The molecule has 0 aliphatic carbocycles. The highest BCUT2D eigenvalue weighted by Gasteiger charge is 2.14. The van der Waals surface area contributed by atoms with Crippen molar-refractivity contribution in [3.05, 3.63) is 53.1 Å². The number of hydrogen-bond donors (Lipinski definition) is 1. The zero-order valence-electron chi connectivity index (χ0n) is 14.5. The van der Waals surface area contributed by atoms with Gasteiger partial charge in [-0.3, -0.25) is 4.79 Å². The number of hydrogen-bond acceptors (Lipinski definition) is 4. The number of amides is 1. The van der Waals surface area contributed by atoms with Gasteiger partial charge in [-0.15, -0.1) is 0 Å². The predicted molar refractivity (Wildman–Crippen MR) is 97.8 cm³/mol. The molecular weight excluding hydrogens is 342 g/mol. The minimum Gasteiger partial charge on any atom is -0.493 e. The average Bonchev–Trinajstić information content (AvgIpc) is 2.63. The number of carbonyl (C=O) groups excluding carboxylic acids is 1. The first-order chi connectivity index (χ1) is 12.0. The molecule has 1 atom stereocenters. The molecule has 1 amide bonds. The van der Waals surface area contributed by atoms with E-state index < -0.39 is 6.10 Å². The summed E-state index contributed by atoms with van der Waals surface area (Å²) in [5.74, 6) is 1.79. The first-order valence-corrected chi connectivity index (χ1v) is 8.32. The van der Waals surface area contributed by atoms with Gasteiger partial charge in [-0.25, -0.2) is 0 Å². The van der Waals surface area contributed by atoms with Crippen LogP contribution in [0.1, 0.15) is 12.5 Å². The zero-order valence-corrected chi connectivity index (χ0v) is 15.3. The Morgan fingerprint density at radius 3 is 2.40 bits per heavy atom. The third kappa shape index (κ3) is 5.57. The number of nitrogens with one attached hydrogen (secondary N) is 1. The Morgan fingerprint density at radius 2 is 1.76 bits per heavy atom. The number of ether oxygens (including phenoxy) is 3. The second kappa shape index (κ2) is 9.18. The third-order valence-corrected chi connectivity index (χ3v) is 3.91. The maximum Gasteiger partial charge on any atom is 0.260 e. The van der Waals surface area contributed by atoms with E-state index in [1.54, 1.807) is 45.4 Å². The smallest absolute Gasteiger partial charge is 0.260 e. The van der Waals surface area contributed by atoms with Gasteiger partial charge in [0.05, 0.1) is 14.2 Å². The maximum absolute atomic E-state index is 12.1. The van der Waals surface area contributed by atoms with Crippen LogP contribution in [0.4, 0.5) is 0 Å². The molecule has 2 rings (SSSR count). The van der Waals surface area contributed by atoms with Crippen LogP contribution in [0.2, 0.25) is 5.02 Å². The van der Waals surface area contributed by atoms with Gasteiger partial charge in [-0.05, 0) is 55.3 Å². The van der Waals surface area contributed by atoms with Gasteiger partial charge in [-0.1, -0.05) is 17.7 Å². The molecule has 0 aliphatic rings. The first-order valence-electron chi connectivity index (χ1n) is 7.94. The quantitative estimate of drug-likeness (QED) is 0.780. The van der Waals surface area contributed by atoms with Crippen molar-refractivity contribution in [2.45, 2.75) is 19.4 Å². The van der Waals surface area contributed by atoms with Crippen LogP contribution in [-0.2, 0) is 11.2 Å². The fraction of sp³-hybridized carbons (Fsp3) is 0.316. The highest BCUT2D eigenvalue weighted by molar-refractivity contribution is 6.30. The lowest BCUT2D eigenvalue weighted by molar-refractivity contribution is -0.127. The summed E-state index contributed by atoms with van der Waals surface area (Å²) in [6, 6.07) is 12.6. The van der Waals surface area contributed by atoms with Gasteiger partial charge >= 0.3 is 0 Å². The summed E-state index contributed by atoms with van der Waals surface area (Å²) in [6.07, 6.45) is 0.0892. The molecule has 0 heterocycles. The molecule has 0 saturated heterocycles. The second-order valence-corrected chi connectivity index (χ2v) is 5.88. The normalized spacial score (nSPS) is 11.5. The molecule has 5 nitrogen and oxygen atoms in total. The van der Waals surface area contributed by atoms with Crippen molar-refractivity contribution in [2.75, 3.05) is 20.8 Å². The minimum atomic E-state index is -0.591. The van der Waals surface area contributed by atoms with Crippen LogP contribution < -0.4 is 19.5 Å². The summed E-state index contributed by atoms with van der Waals surface area (Å²) in [5, 5.41) is 3.49. The number of halogens is 1. The number of rotatable bonds is 8. The van der Waals surface area contributed by atoms with Crippen molar-refractivity contribution in [1.29, 1.82) is 0 Å². The summed E-state index contributed by atoms with van der Waals surface area (Å²) in [7, 11) is 3.19. The van der Waals surface area contributed by atoms with E-state index >= 15 is 0 Å². The fourth-order valence-electron chi connectivity index (χ4n) is 2.28. The van der Waals surface area contributed by atoms with Gasteiger partial charge < -0.3 is 19.5 Å². The van der Waals surface area contributed by atoms with E-state index in [-0.39, 0.29) is 5.91 Å². The van der Waals surface area contributed by atoms with E-state index in [1.807, 2.05) is 18.2 Å². The summed E-state index contributed by atoms with van der Waals surface area (Å²) in [6.45, 7) is 2.21. The van der Waals surface area contributed by atoms with Gasteiger partial charge in [0, 0.05) is 11.6 Å². The van der Waals surface area contributed by atoms with E-state index in [0.29, 0.717) is 35.2 Å². The molecule has 134 valence electrons. The highest BCUT2D eigenvalue weighted by atomic mass is 35.5. The maximum atomic E-state index is 12.1. The van der Waals surface area contributed by atoms with Crippen LogP contribution in [0.15, 0.2) is 42.5 Å². The molecule has 2 aromatic rings. The van der Waals surface area contributed by atoms with Crippen molar-refractivity contribution < 1.29 is 19.0 Å². The van der Waals surface area contributed by atoms with Crippen molar-refractivity contribution in [2.24, 2.45) is 0 Å². The van der Waals surface area contributed by atoms with E-state index in [4.69, 9.17) is 25.8 Å². The van der Waals surface area contributed by atoms with Crippen LogP contribution >= 0.6 is 11.6 Å². The highest BCUT2D eigenvalue weighted by Crippen LogP contribution is 2.27. The minimum absolute atomic E-state index is 0.171. The Bertz CT molecular complexity index is 703. The van der Waals surface area contributed by atoms with Crippen molar-refractivity contribution in [3.8, 4) is 17.2 Å². The standard InChI is InChI=1S/C19H22ClNO4/c1-13(25-16-7-5-15(20)6-8-16)19(22)21-11-10-14-4-9-17(23-2)18(12-14)24-3/h4-9,12-13H,10-11H2,1-3H3,(H,21,22)/t13-/m1/s1. The predicted octanol–water partition coefficient (Wildman–Crippen LogP) is 3.48. The number of benzene rings is 2. The van der Waals surface area contributed by atoms with Gasteiger partial charge in [0.25, 0.3) is 5.91 Å². The summed E-state index contributed by atoms with van der Waals surface area (Å²) >= 11 is 5.83. The lowest BCUT2D eigenvalue weighted by atomic mass is 10.1. The summed E-state index contributed by atoms with van der Waals surface area (Å²) in [5.41, 5.74) is 1.05. The molecule has 0 bridgehead atoms. The third-order valence-electron chi connectivity index (χ3n) is 3.66. The van der Waals surface area contributed by atoms with Gasteiger partial charge in [0.15, 0.2) is 17.6 Å². The topological polar surface area (TPSA) is 56.8 Å². The van der Waals surface area contributed by atoms with E-state index in [1.165, 1.54) is 0 Å². The Morgan fingerprint density at radius 1 is 1.08 bits per heavy atom. The molecule has 25 heavy (non-hydrogen) atoms. The largest absolute Gasteiger partial charge is 0.493 e.